The number of nitrogens with one attached hydrogen (secondary N) is 1. The highest BCUT2D eigenvalue weighted by Gasteiger charge is 2.41. The van der Waals surface area contributed by atoms with Crippen molar-refractivity contribution in [2.45, 2.75) is 32.4 Å². The van der Waals surface area contributed by atoms with E-state index in [2.05, 4.69) is 10.2 Å². The van der Waals surface area contributed by atoms with E-state index in [-0.39, 0.29) is 11.3 Å². The van der Waals surface area contributed by atoms with Crippen molar-refractivity contribution in [1.82, 2.24) is 15.1 Å². The fourth-order valence-electron chi connectivity index (χ4n) is 3.14. The molecule has 6 nitrogen and oxygen atoms in total. The summed E-state index contributed by atoms with van der Waals surface area (Å²) >= 11 is 0. The van der Waals surface area contributed by atoms with Crippen molar-refractivity contribution in [2.75, 3.05) is 26.9 Å². The fraction of sp³-hybridized carbons (Fsp3) is 0.714. The van der Waals surface area contributed by atoms with Gasteiger partial charge in [-0.15, -0.1) is 0 Å². The molecule has 1 N–H and O–H groups in total. The van der Waals surface area contributed by atoms with Gasteiger partial charge in [0.05, 0.1) is 31.1 Å². The Bertz CT molecular complexity index is 480. The van der Waals surface area contributed by atoms with Crippen LogP contribution in [-0.4, -0.2) is 47.9 Å². The van der Waals surface area contributed by atoms with Crippen LogP contribution in [0.2, 0.25) is 0 Å². The molecule has 1 aromatic heterocycles. The van der Waals surface area contributed by atoms with Crippen LogP contribution in [0.4, 0.5) is 0 Å². The van der Waals surface area contributed by atoms with Gasteiger partial charge in [0, 0.05) is 32.1 Å². The lowest BCUT2D eigenvalue weighted by atomic mass is 9.79. The normalized spacial score (nSPS) is 26.6. The zero-order valence-corrected chi connectivity index (χ0v) is 11.9. The summed E-state index contributed by atoms with van der Waals surface area (Å²) in [5.41, 5.74) is 2.01. The first-order valence-electron chi connectivity index (χ1n) is 7.08. The lowest BCUT2D eigenvalue weighted by Crippen LogP contribution is -2.46. The van der Waals surface area contributed by atoms with E-state index in [0.717, 1.165) is 44.0 Å². The number of piperidine rings is 1. The van der Waals surface area contributed by atoms with Gasteiger partial charge < -0.3 is 14.4 Å². The third-order valence-electron chi connectivity index (χ3n) is 4.27. The first kappa shape index (κ1) is 13.6. The molecule has 0 aliphatic carbocycles. The van der Waals surface area contributed by atoms with Crippen LogP contribution in [0.25, 0.3) is 0 Å². The SMILES string of the molecule is COCc1cc(CN2C[C@]3(CCOC3)CCC2=O)[nH]n1. The number of carbonyl (C=O) groups is 1. The Morgan fingerprint density at radius 1 is 1.55 bits per heavy atom. The molecule has 2 aliphatic rings. The smallest absolute Gasteiger partial charge is 0.222 e. The predicted molar refractivity (Wildman–Crippen MR) is 71.8 cm³/mol. The Hall–Kier alpha value is -1.40. The minimum atomic E-state index is 0.184. The molecule has 0 saturated carbocycles. The van der Waals surface area contributed by atoms with E-state index in [1.165, 1.54) is 0 Å². The van der Waals surface area contributed by atoms with Crippen molar-refractivity contribution < 1.29 is 14.3 Å². The summed E-state index contributed by atoms with van der Waals surface area (Å²) in [7, 11) is 1.65. The molecule has 1 aromatic rings. The first-order valence-corrected chi connectivity index (χ1v) is 7.08. The zero-order chi connectivity index (χ0) is 14.0. The number of H-pyrrole nitrogens is 1. The quantitative estimate of drug-likeness (QED) is 0.895. The van der Waals surface area contributed by atoms with Crippen LogP contribution < -0.4 is 0 Å². The van der Waals surface area contributed by atoms with Crippen LogP contribution in [0.1, 0.15) is 30.7 Å². The highest BCUT2D eigenvalue weighted by Crippen LogP contribution is 2.38. The predicted octanol–water partition coefficient (Wildman–Crippen LogP) is 1.09. The Morgan fingerprint density at radius 2 is 2.45 bits per heavy atom. The van der Waals surface area contributed by atoms with Gasteiger partial charge in [0.25, 0.3) is 0 Å². The van der Waals surface area contributed by atoms with Crippen molar-refractivity contribution in [3.05, 3.63) is 17.5 Å². The van der Waals surface area contributed by atoms with Crippen LogP contribution in [0.3, 0.4) is 0 Å². The summed E-state index contributed by atoms with van der Waals surface area (Å²) in [4.78, 5) is 14.0. The number of rotatable bonds is 4. The number of aromatic nitrogens is 2. The summed E-state index contributed by atoms with van der Waals surface area (Å²) < 4.78 is 10.6. The van der Waals surface area contributed by atoms with Gasteiger partial charge in [-0.25, -0.2) is 0 Å². The van der Waals surface area contributed by atoms with Gasteiger partial charge in [0.15, 0.2) is 0 Å². The second-order valence-electron chi connectivity index (χ2n) is 5.87. The van der Waals surface area contributed by atoms with Gasteiger partial charge in [0.1, 0.15) is 0 Å². The van der Waals surface area contributed by atoms with Gasteiger partial charge in [-0.1, -0.05) is 0 Å². The monoisotopic (exact) mass is 279 g/mol. The molecule has 1 spiro atoms. The maximum Gasteiger partial charge on any atom is 0.222 e. The molecule has 20 heavy (non-hydrogen) atoms. The maximum atomic E-state index is 12.1. The number of methoxy groups -OCH3 is 1. The van der Waals surface area contributed by atoms with Crippen molar-refractivity contribution in [3.63, 3.8) is 0 Å². The largest absolute Gasteiger partial charge is 0.381 e. The molecule has 3 heterocycles. The van der Waals surface area contributed by atoms with E-state index in [1.54, 1.807) is 7.11 Å². The number of likely N-dealkylation sites (tertiary alicyclic amines) is 1. The molecule has 0 radical (unpaired) electrons. The highest BCUT2D eigenvalue weighted by molar-refractivity contribution is 5.77. The molecular formula is C14H21N3O3. The number of hydrogen-bond acceptors (Lipinski definition) is 4. The fourth-order valence-corrected chi connectivity index (χ4v) is 3.14. The molecule has 3 rings (SSSR count). The second kappa shape index (κ2) is 5.54. The van der Waals surface area contributed by atoms with Crippen molar-refractivity contribution in [1.29, 1.82) is 0 Å². The molecule has 6 heteroatoms. The third-order valence-corrected chi connectivity index (χ3v) is 4.27. The molecule has 1 atom stereocenters. The number of ether oxygens (including phenoxy) is 2. The van der Waals surface area contributed by atoms with E-state index in [4.69, 9.17) is 9.47 Å². The lowest BCUT2D eigenvalue weighted by Gasteiger charge is -2.39. The van der Waals surface area contributed by atoms with Gasteiger partial charge >= 0.3 is 0 Å². The number of hydrogen-bond donors (Lipinski definition) is 1. The van der Waals surface area contributed by atoms with Gasteiger partial charge in [0.2, 0.25) is 5.91 Å². The molecule has 2 aliphatic heterocycles. The molecule has 0 bridgehead atoms. The lowest BCUT2D eigenvalue weighted by molar-refractivity contribution is -0.138. The van der Waals surface area contributed by atoms with Gasteiger partial charge in [-0.05, 0) is 18.9 Å². The summed E-state index contributed by atoms with van der Waals surface area (Å²) in [6.45, 7) is 3.49. The summed E-state index contributed by atoms with van der Waals surface area (Å²) in [6.07, 6.45) is 2.65. The molecule has 0 aromatic carbocycles. The van der Waals surface area contributed by atoms with Crippen molar-refractivity contribution >= 4 is 5.91 Å². The Kier molecular flexibility index (Phi) is 3.76. The topological polar surface area (TPSA) is 67.5 Å². The minimum Gasteiger partial charge on any atom is -0.381 e. The van der Waals surface area contributed by atoms with E-state index in [1.807, 2.05) is 11.0 Å². The molecule has 2 saturated heterocycles. The number of carbonyl (C=O) groups excluding carboxylic acids is 1. The van der Waals surface area contributed by atoms with E-state index in [0.29, 0.717) is 19.6 Å². The Morgan fingerprint density at radius 3 is 3.20 bits per heavy atom. The third kappa shape index (κ3) is 2.71. The van der Waals surface area contributed by atoms with Gasteiger partial charge in [-0.2, -0.15) is 5.10 Å². The number of nitrogens with zero attached hydrogens (tertiary/aromatic N) is 2. The van der Waals surface area contributed by atoms with E-state index in [9.17, 15) is 4.79 Å². The van der Waals surface area contributed by atoms with E-state index >= 15 is 0 Å². The summed E-state index contributed by atoms with van der Waals surface area (Å²) in [6, 6.07) is 1.96. The molecular weight excluding hydrogens is 258 g/mol. The average Bonchev–Trinajstić information content (AvgIpc) is 3.05. The molecule has 2 fully saturated rings. The Balaban J connectivity index is 1.66. The van der Waals surface area contributed by atoms with Crippen LogP contribution >= 0.6 is 0 Å². The van der Waals surface area contributed by atoms with Crippen molar-refractivity contribution in [3.8, 4) is 0 Å². The minimum absolute atomic E-state index is 0.184. The number of aromatic amines is 1. The first-order chi connectivity index (χ1) is 9.71. The molecule has 1 amide bonds. The van der Waals surface area contributed by atoms with Gasteiger partial charge in [-0.3, -0.25) is 9.89 Å². The highest BCUT2D eigenvalue weighted by atomic mass is 16.5. The summed E-state index contributed by atoms with van der Waals surface area (Å²) in [5, 5.41) is 7.16. The van der Waals surface area contributed by atoms with Crippen LogP contribution in [0.15, 0.2) is 6.07 Å². The number of amides is 1. The molecule has 110 valence electrons. The average molecular weight is 279 g/mol. The zero-order valence-electron chi connectivity index (χ0n) is 11.9. The van der Waals surface area contributed by atoms with Crippen LogP contribution in [0, 0.1) is 5.41 Å². The summed E-state index contributed by atoms with van der Waals surface area (Å²) in [5.74, 6) is 0.227. The van der Waals surface area contributed by atoms with Crippen molar-refractivity contribution in [2.24, 2.45) is 5.41 Å². The Labute approximate surface area is 118 Å². The van der Waals surface area contributed by atoms with Crippen LogP contribution in [-0.2, 0) is 27.4 Å². The van der Waals surface area contributed by atoms with Crippen LogP contribution in [0.5, 0.6) is 0 Å². The standard InChI is InChI=1S/C14H21N3O3/c1-19-8-12-6-11(15-16-12)7-17-9-14(3-2-13(17)18)4-5-20-10-14/h6H,2-5,7-10H2,1H3,(H,15,16)/t14-/m1/s1. The maximum absolute atomic E-state index is 12.1. The molecule has 0 unspecified atom stereocenters. The van der Waals surface area contributed by atoms with E-state index < -0.39 is 0 Å². The second-order valence-corrected chi connectivity index (χ2v) is 5.87.